The van der Waals surface area contributed by atoms with Gasteiger partial charge in [0.1, 0.15) is 5.82 Å². The van der Waals surface area contributed by atoms with Crippen LogP contribution in [0.4, 0.5) is 15.8 Å². The predicted molar refractivity (Wildman–Crippen MR) is 80.6 cm³/mol. The van der Waals surface area contributed by atoms with Crippen molar-refractivity contribution in [2.75, 3.05) is 11.1 Å². The first-order chi connectivity index (χ1) is 8.97. The van der Waals surface area contributed by atoms with E-state index in [1.165, 1.54) is 12.1 Å². The van der Waals surface area contributed by atoms with Gasteiger partial charge >= 0.3 is 0 Å². The molecule has 0 saturated heterocycles. The van der Waals surface area contributed by atoms with E-state index in [-0.39, 0.29) is 11.3 Å². The van der Waals surface area contributed by atoms with Crippen LogP contribution in [-0.4, -0.2) is 5.91 Å². The fourth-order valence-electron chi connectivity index (χ4n) is 1.45. The van der Waals surface area contributed by atoms with Gasteiger partial charge in [0.15, 0.2) is 0 Å². The highest BCUT2D eigenvalue weighted by Crippen LogP contribution is 2.26. The molecule has 2 rings (SSSR count). The largest absolute Gasteiger partial charge is 0.396 e. The van der Waals surface area contributed by atoms with Crippen molar-refractivity contribution in [2.45, 2.75) is 0 Å². The van der Waals surface area contributed by atoms with Crippen LogP contribution in [0.2, 0.25) is 0 Å². The fourth-order valence-corrected chi connectivity index (χ4v) is 2.60. The number of nitrogens with one attached hydrogen (secondary N) is 1. The van der Waals surface area contributed by atoms with E-state index in [4.69, 9.17) is 5.73 Å². The molecule has 0 saturated carbocycles. The summed E-state index contributed by atoms with van der Waals surface area (Å²) in [5.41, 5.74) is 6.19. The Morgan fingerprint density at radius 2 is 1.89 bits per heavy atom. The molecule has 0 heterocycles. The van der Waals surface area contributed by atoms with E-state index >= 15 is 0 Å². The first-order valence-electron chi connectivity index (χ1n) is 5.29. The van der Waals surface area contributed by atoms with Crippen molar-refractivity contribution in [3.8, 4) is 0 Å². The maximum atomic E-state index is 13.3. The highest BCUT2D eigenvalue weighted by molar-refractivity contribution is 9.11. The van der Waals surface area contributed by atoms with Crippen LogP contribution in [0.1, 0.15) is 10.4 Å². The van der Waals surface area contributed by atoms with Crippen LogP contribution in [0, 0.1) is 5.82 Å². The number of anilines is 2. The third-order valence-corrected chi connectivity index (χ3v) is 3.59. The number of nitrogen functional groups attached to an aromatic ring is 1. The molecular weight excluding hydrogens is 379 g/mol. The monoisotopic (exact) mass is 386 g/mol. The lowest BCUT2D eigenvalue weighted by atomic mass is 10.2. The molecule has 6 heteroatoms. The highest BCUT2D eigenvalue weighted by atomic mass is 79.9. The molecule has 0 spiro atoms. The van der Waals surface area contributed by atoms with E-state index in [9.17, 15) is 9.18 Å². The van der Waals surface area contributed by atoms with Crippen molar-refractivity contribution >= 4 is 49.1 Å². The number of nitrogens with two attached hydrogens (primary N) is 1. The average molecular weight is 388 g/mol. The Labute approximate surface area is 126 Å². The smallest absolute Gasteiger partial charge is 0.255 e. The molecule has 19 heavy (non-hydrogen) atoms. The van der Waals surface area contributed by atoms with Gasteiger partial charge in [-0.05, 0) is 52.3 Å². The minimum Gasteiger partial charge on any atom is -0.396 e. The Morgan fingerprint density at radius 3 is 2.53 bits per heavy atom. The zero-order valence-electron chi connectivity index (χ0n) is 9.58. The first kappa shape index (κ1) is 14.0. The molecule has 98 valence electrons. The van der Waals surface area contributed by atoms with E-state index in [1.54, 1.807) is 18.2 Å². The lowest BCUT2D eigenvalue weighted by molar-refractivity contribution is 0.102. The summed E-state index contributed by atoms with van der Waals surface area (Å²) >= 11 is 6.65. The lowest BCUT2D eigenvalue weighted by Crippen LogP contribution is -2.12. The van der Waals surface area contributed by atoms with Gasteiger partial charge in [-0.25, -0.2) is 4.39 Å². The second kappa shape index (κ2) is 5.71. The fraction of sp³-hybridized carbons (Fsp3) is 0. The van der Waals surface area contributed by atoms with Crippen LogP contribution in [0.5, 0.6) is 0 Å². The van der Waals surface area contributed by atoms with Gasteiger partial charge < -0.3 is 11.1 Å². The van der Waals surface area contributed by atoms with Gasteiger partial charge in [0.2, 0.25) is 0 Å². The van der Waals surface area contributed by atoms with Crippen molar-refractivity contribution in [3.63, 3.8) is 0 Å². The number of carbonyl (C=O) groups is 1. The minimum atomic E-state index is -0.609. The number of hydrogen-bond donors (Lipinski definition) is 2. The summed E-state index contributed by atoms with van der Waals surface area (Å²) in [6.07, 6.45) is 0. The summed E-state index contributed by atoms with van der Waals surface area (Å²) < 4.78 is 14.9. The molecule has 0 unspecified atom stereocenters. The van der Waals surface area contributed by atoms with Gasteiger partial charge in [-0.3, -0.25) is 4.79 Å². The van der Waals surface area contributed by atoms with Crippen LogP contribution < -0.4 is 11.1 Å². The molecule has 1 amide bonds. The molecular formula is C13H9Br2FN2O. The molecule has 2 aromatic rings. The van der Waals surface area contributed by atoms with Crippen LogP contribution in [0.3, 0.4) is 0 Å². The Kier molecular flexibility index (Phi) is 4.21. The number of rotatable bonds is 2. The van der Waals surface area contributed by atoms with Crippen LogP contribution in [0.15, 0.2) is 45.3 Å². The van der Waals surface area contributed by atoms with Gasteiger partial charge in [0, 0.05) is 14.5 Å². The third-order valence-electron chi connectivity index (χ3n) is 2.44. The maximum Gasteiger partial charge on any atom is 0.255 e. The van der Waals surface area contributed by atoms with E-state index in [2.05, 4.69) is 37.2 Å². The van der Waals surface area contributed by atoms with Crippen molar-refractivity contribution < 1.29 is 9.18 Å². The molecule has 0 atom stereocenters. The lowest BCUT2D eigenvalue weighted by Gasteiger charge is -2.08. The molecule has 0 aliphatic heterocycles. The molecule has 3 nitrogen and oxygen atoms in total. The summed E-state index contributed by atoms with van der Waals surface area (Å²) in [6, 6.07) is 9.28. The van der Waals surface area contributed by atoms with E-state index < -0.39 is 11.7 Å². The zero-order chi connectivity index (χ0) is 14.0. The normalized spacial score (nSPS) is 10.3. The Balaban J connectivity index is 2.23. The summed E-state index contributed by atoms with van der Waals surface area (Å²) in [5, 5.41) is 2.69. The first-order valence-corrected chi connectivity index (χ1v) is 6.87. The standard InChI is InChI=1S/C13H9Br2FN2O/c14-8-2-4-12(9(15)6-8)18-13(19)7-1-3-11(17)10(16)5-7/h1-6H,17H2,(H,18,19). The Hall–Kier alpha value is -1.40. The molecule has 0 aromatic heterocycles. The second-order valence-electron chi connectivity index (χ2n) is 3.81. The molecule has 0 fully saturated rings. The predicted octanol–water partition coefficient (Wildman–Crippen LogP) is 4.19. The van der Waals surface area contributed by atoms with Crippen LogP contribution in [0.25, 0.3) is 0 Å². The summed E-state index contributed by atoms with van der Waals surface area (Å²) in [7, 11) is 0. The van der Waals surface area contributed by atoms with Crippen LogP contribution in [-0.2, 0) is 0 Å². The molecule has 0 aliphatic rings. The summed E-state index contributed by atoms with van der Waals surface area (Å²) in [6.45, 7) is 0. The third kappa shape index (κ3) is 3.33. The van der Waals surface area contributed by atoms with E-state index in [0.717, 1.165) is 15.0 Å². The SMILES string of the molecule is Nc1ccc(C(=O)Nc2ccc(Br)cc2Br)cc1F. The van der Waals surface area contributed by atoms with E-state index in [1.807, 2.05) is 0 Å². The molecule has 3 N–H and O–H groups in total. The van der Waals surface area contributed by atoms with Gasteiger partial charge in [0.25, 0.3) is 5.91 Å². The van der Waals surface area contributed by atoms with Gasteiger partial charge in [-0.15, -0.1) is 0 Å². The van der Waals surface area contributed by atoms with Crippen molar-refractivity contribution in [3.05, 3.63) is 56.7 Å². The molecule has 0 aliphatic carbocycles. The minimum absolute atomic E-state index is 0.0152. The number of hydrogen-bond acceptors (Lipinski definition) is 2. The quantitative estimate of drug-likeness (QED) is 0.759. The Morgan fingerprint density at radius 1 is 1.16 bits per heavy atom. The average Bonchev–Trinajstić information content (AvgIpc) is 2.36. The van der Waals surface area contributed by atoms with Crippen molar-refractivity contribution in [2.24, 2.45) is 0 Å². The van der Waals surface area contributed by atoms with E-state index in [0.29, 0.717) is 5.69 Å². The van der Waals surface area contributed by atoms with Crippen molar-refractivity contribution in [1.29, 1.82) is 0 Å². The topological polar surface area (TPSA) is 55.1 Å². The zero-order valence-corrected chi connectivity index (χ0v) is 12.8. The molecule has 2 aromatic carbocycles. The molecule has 0 bridgehead atoms. The Bertz CT molecular complexity index is 647. The number of halogens is 3. The number of carbonyl (C=O) groups excluding carboxylic acids is 1. The van der Waals surface area contributed by atoms with Gasteiger partial charge in [-0.2, -0.15) is 0 Å². The summed E-state index contributed by atoms with van der Waals surface area (Å²) in [4.78, 5) is 12.0. The van der Waals surface area contributed by atoms with Crippen LogP contribution >= 0.6 is 31.9 Å². The number of benzene rings is 2. The number of amides is 1. The summed E-state index contributed by atoms with van der Waals surface area (Å²) in [5.74, 6) is -1.01. The van der Waals surface area contributed by atoms with Crippen molar-refractivity contribution in [1.82, 2.24) is 0 Å². The van der Waals surface area contributed by atoms with Gasteiger partial charge in [0.05, 0.1) is 11.4 Å². The maximum absolute atomic E-state index is 13.3. The second-order valence-corrected chi connectivity index (χ2v) is 5.58. The highest BCUT2D eigenvalue weighted by Gasteiger charge is 2.10. The van der Waals surface area contributed by atoms with Gasteiger partial charge in [-0.1, -0.05) is 15.9 Å². The molecule has 0 radical (unpaired) electrons.